The van der Waals surface area contributed by atoms with Gasteiger partial charge in [-0.15, -0.1) is 0 Å². The number of anilines is 1. The van der Waals surface area contributed by atoms with E-state index in [9.17, 15) is 9.59 Å². The number of ketones is 1. The van der Waals surface area contributed by atoms with Gasteiger partial charge in [0.2, 0.25) is 5.91 Å². The number of likely N-dealkylation sites (N-methyl/N-ethyl adjacent to an activating group) is 2. The van der Waals surface area contributed by atoms with Gasteiger partial charge in [-0.1, -0.05) is 45.1 Å². The zero-order valence-electron chi connectivity index (χ0n) is 20.2. The molecule has 0 saturated carbocycles. The van der Waals surface area contributed by atoms with Gasteiger partial charge in [0.05, 0.1) is 25.3 Å². The van der Waals surface area contributed by atoms with Crippen LogP contribution in [0.2, 0.25) is 0 Å². The van der Waals surface area contributed by atoms with Crippen LogP contribution in [0.15, 0.2) is 60.1 Å². The summed E-state index contributed by atoms with van der Waals surface area (Å²) < 4.78 is 5.51. The van der Waals surface area contributed by atoms with Crippen LogP contribution in [0.1, 0.15) is 31.1 Å². The van der Waals surface area contributed by atoms with Crippen LogP contribution in [0.3, 0.4) is 0 Å². The Labute approximate surface area is 196 Å². The minimum absolute atomic E-state index is 0.0462. The molecule has 1 amide bonds. The molecule has 1 fully saturated rings. The SMILES string of the molecule is CN1C=C(N2CCOCC2)N(C)C2C=C(C(=O)c3cccc(NC(=O)C(C)(C)C)c3)C=CC21. The maximum atomic E-state index is 13.4. The fourth-order valence-corrected chi connectivity index (χ4v) is 4.36. The highest BCUT2D eigenvalue weighted by atomic mass is 16.5. The fourth-order valence-electron chi connectivity index (χ4n) is 4.36. The molecular formula is C26H34N4O3. The van der Waals surface area contributed by atoms with E-state index in [4.69, 9.17) is 4.74 Å². The number of morpholine rings is 1. The number of ether oxygens (including phenoxy) is 1. The van der Waals surface area contributed by atoms with E-state index >= 15 is 0 Å². The molecule has 1 aromatic rings. The second-order valence-electron chi connectivity index (χ2n) is 9.94. The molecule has 7 nitrogen and oxygen atoms in total. The lowest BCUT2D eigenvalue weighted by Gasteiger charge is -2.48. The summed E-state index contributed by atoms with van der Waals surface area (Å²) in [5.41, 5.74) is 1.35. The number of carbonyl (C=O) groups excluding carboxylic acids is 2. The lowest BCUT2D eigenvalue weighted by molar-refractivity contribution is -0.123. The van der Waals surface area contributed by atoms with Crippen molar-refractivity contribution in [3.05, 3.63) is 65.7 Å². The van der Waals surface area contributed by atoms with Gasteiger partial charge in [0.1, 0.15) is 5.82 Å². The highest BCUT2D eigenvalue weighted by molar-refractivity contribution is 6.11. The van der Waals surface area contributed by atoms with Gasteiger partial charge in [-0.05, 0) is 18.2 Å². The van der Waals surface area contributed by atoms with E-state index in [2.05, 4.69) is 52.5 Å². The third-order valence-electron chi connectivity index (χ3n) is 6.43. The van der Waals surface area contributed by atoms with Crippen LogP contribution in [0.4, 0.5) is 5.69 Å². The maximum absolute atomic E-state index is 13.4. The number of nitrogens with one attached hydrogen (secondary N) is 1. The van der Waals surface area contributed by atoms with Gasteiger partial charge in [-0.2, -0.15) is 0 Å². The Balaban J connectivity index is 1.55. The number of hydrogen-bond donors (Lipinski definition) is 1. The minimum Gasteiger partial charge on any atom is -0.378 e. The van der Waals surface area contributed by atoms with Crippen LogP contribution >= 0.6 is 0 Å². The quantitative estimate of drug-likeness (QED) is 0.712. The first-order chi connectivity index (χ1) is 15.6. The van der Waals surface area contributed by atoms with Crippen molar-refractivity contribution in [3.8, 4) is 0 Å². The molecule has 1 N–H and O–H groups in total. The number of benzene rings is 1. The van der Waals surface area contributed by atoms with E-state index in [1.165, 1.54) is 0 Å². The summed E-state index contributed by atoms with van der Waals surface area (Å²) in [4.78, 5) is 32.5. The van der Waals surface area contributed by atoms with Gasteiger partial charge in [0.25, 0.3) is 0 Å². The second kappa shape index (κ2) is 9.06. The summed E-state index contributed by atoms with van der Waals surface area (Å²) in [6.45, 7) is 8.77. The number of fused-ring (bicyclic) bond motifs is 1. The van der Waals surface area contributed by atoms with Crippen molar-refractivity contribution in [1.29, 1.82) is 0 Å². The topological polar surface area (TPSA) is 65.1 Å². The molecular weight excluding hydrogens is 416 g/mol. The van der Waals surface area contributed by atoms with Crippen molar-refractivity contribution < 1.29 is 14.3 Å². The summed E-state index contributed by atoms with van der Waals surface area (Å²) in [5.74, 6) is 1.02. The van der Waals surface area contributed by atoms with E-state index in [1.807, 2.05) is 32.9 Å². The Kier molecular flexibility index (Phi) is 6.34. The summed E-state index contributed by atoms with van der Waals surface area (Å²) in [6, 6.07) is 7.37. The van der Waals surface area contributed by atoms with Gasteiger partial charge in [-0.3, -0.25) is 9.59 Å². The van der Waals surface area contributed by atoms with E-state index < -0.39 is 5.41 Å². The average Bonchev–Trinajstić information content (AvgIpc) is 2.80. The van der Waals surface area contributed by atoms with E-state index in [0.29, 0.717) is 16.8 Å². The smallest absolute Gasteiger partial charge is 0.229 e. The monoisotopic (exact) mass is 450 g/mol. The summed E-state index contributed by atoms with van der Waals surface area (Å²) in [5, 5.41) is 2.91. The Morgan fingerprint density at radius 3 is 2.52 bits per heavy atom. The molecule has 1 aromatic carbocycles. The summed E-state index contributed by atoms with van der Waals surface area (Å²) in [7, 11) is 4.17. The predicted octanol–water partition coefficient (Wildman–Crippen LogP) is 3.10. The number of carbonyl (C=O) groups is 2. The molecule has 4 rings (SSSR count). The molecule has 1 aliphatic carbocycles. The highest BCUT2D eigenvalue weighted by Crippen LogP contribution is 2.30. The van der Waals surface area contributed by atoms with Crippen molar-refractivity contribution in [2.75, 3.05) is 45.7 Å². The van der Waals surface area contributed by atoms with Crippen molar-refractivity contribution in [2.24, 2.45) is 5.41 Å². The second-order valence-corrected chi connectivity index (χ2v) is 9.94. The lowest BCUT2D eigenvalue weighted by atomic mass is 9.90. The zero-order chi connectivity index (χ0) is 23.8. The molecule has 3 aliphatic rings. The largest absolute Gasteiger partial charge is 0.378 e. The average molecular weight is 451 g/mol. The molecule has 7 heteroatoms. The number of amides is 1. The zero-order valence-corrected chi connectivity index (χ0v) is 20.2. The van der Waals surface area contributed by atoms with E-state index in [0.717, 1.165) is 32.1 Å². The van der Waals surface area contributed by atoms with Crippen molar-refractivity contribution in [3.63, 3.8) is 0 Å². The molecule has 2 heterocycles. The standard InChI is InChI=1S/C26H34N4O3/c1-26(2,3)25(32)27-20-8-6-7-18(15-20)24(31)19-9-10-21-22(16-19)29(5)23(17-28(21)4)30-11-13-33-14-12-30/h6-10,15-17,21-22H,11-14H2,1-5H3,(H,27,32). The normalized spacial score (nSPS) is 23.0. The molecule has 1 saturated heterocycles. The number of allylic oxidation sites excluding steroid dienone is 2. The Hall–Kier alpha value is -3.06. The van der Waals surface area contributed by atoms with Crippen molar-refractivity contribution >= 4 is 17.4 Å². The van der Waals surface area contributed by atoms with Crippen LogP contribution in [-0.4, -0.2) is 78.9 Å². The Morgan fingerprint density at radius 2 is 1.82 bits per heavy atom. The molecule has 0 aromatic heterocycles. The summed E-state index contributed by atoms with van der Waals surface area (Å²) in [6.07, 6.45) is 8.27. The Morgan fingerprint density at radius 1 is 1.09 bits per heavy atom. The van der Waals surface area contributed by atoms with Gasteiger partial charge in [-0.25, -0.2) is 0 Å². The minimum atomic E-state index is -0.507. The van der Waals surface area contributed by atoms with Crippen LogP contribution in [-0.2, 0) is 9.53 Å². The molecule has 2 unspecified atom stereocenters. The molecule has 0 spiro atoms. The molecule has 176 valence electrons. The number of Topliss-reactive ketones (excluding diaryl/α,β-unsaturated/α-hetero) is 1. The van der Waals surface area contributed by atoms with Crippen LogP contribution in [0, 0.1) is 5.41 Å². The van der Waals surface area contributed by atoms with Crippen molar-refractivity contribution in [2.45, 2.75) is 32.9 Å². The first-order valence-corrected chi connectivity index (χ1v) is 11.5. The van der Waals surface area contributed by atoms with Crippen LogP contribution in [0.5, 0.6) is 0 Å². The molecule has 33 heavy (non-hydrogen) atoms. The first kappa shape index (κ1) is 23.1. The van der Waals surface area contributed by atoms with Crippen LogP contribution < -0.4 is 5.32 Å². The van der Waals surface area contributed by atoms with E-state index in [-0.39, 0.29) is 23.8 Å². The molecule has 0 radical (unpaired) electrons. The van der Waals surface area contributed by atoms with Crippen molar-refractivity contribution in [1.82, 2.24) is 14.7 Å². The summed E-state index contributed by atoms with van der Waals surface area (Å²) >= 11 is 0. The molecule has 0 bridgehead atoms. The van der Waals surface area contributed by atoms with Crippen LogP contribution in [0.25, 0.3) is 0 Å². The fraction of sp³-hybridized carbons (Fsp3) is 0.462. The van der Waals surface area contributed by atoms with Gasteiger partial charge in [0.15, 0.2) is 5.78 Å². The third kappa shape index (κ3) is 4.83. The lowest BCUT2D eigenvalue weighted by Crippen LogP contribution is -2.55. The van der Waals surface area contributed by atoms with E-state index in [1.54, 1.807) is 18.2 Å². The number of rotatable bonds is 4. The third-order valence-corrected chi connectivity index (χ3v) is 6.43. The number of nitrogens with zero attached hydrogens (tertiary/aromatic N) is 3. The van der Waals surface area contributed by atoms with Gasteiger partial charge in [0, 0.05) is 55.6 Å². The Bertz CT molecular complexity index is 1010. The first-order valence-electron chi connectivity index (χ1n) is 11.5. The predicted molar refractivity (Wildman–Crippen MR) is 130 cm³/mol. The number of hydrogen-bond acceptors (Lipinski definition) is 6. The maximum Gasteiger partial charge on any atom is 0.229 e. The molecule has 2 aliphatic heterocycles. The van der Waals surface area contributed by atoms with Gasteiger partial charge >= 0.3 is 0 Å². The van der Waals surface area contributed by atoms with Gasteiger partial charge < -0.3 is 24.8 Å². The molecule has 2 atom stereocenters. The highest BCUT2D eigenvalue weighted by Gasteiger charge is 2.35.